The molecule has 2 aromatic rings. The van der Waals surface area contributed by atoms with Gasteiger partial charge in [-0.15, -0.1) is 0 Å². The minimum atomic E-state index is -0.376. The van der Waals surface area contributed by atoms with E-state index in [2.05, 4.69) is 5.10 Å². The highest BCUT2D eigenvalue weighted by atomic mass is 127. The Kier molecular flexibility index (Phi) is 5.26. The summed E-state index contributed by atoms with van der Waals surface area (Å²) < 4.78 is 19.2. The molecule has 1 N–H and O–H groups in total. The molecule has 26 heavy (non-hydrogen) atoms. The molecule has 0 aromatic heterocycles. The number of hydrogen-bond donors (Lipinski definition) is 1. The van der Waals surface area contributed by atoms with E-state index in [1.54, 1.807) is 25.1 Å². The average Bonchev–Trinajstić information content (AvgIpc) is 2.88. The number of halogens is 2. The van der Waals surface area contributed by atoms with E-state index in [1.165, 1.54) is 29.3 Å². The first-order chi connectivity index (χ1) is 12.4. The van der Waals surface area contributed by atoms with Crippen molar-refractivity contribution in [2.45, 2.75) is 13.8 Å². The van der Waals surface area contributed by atoms with Crippen LogP contribution in [0.4, 0.5) is 10.1 Å². The number of hydrazone groups is 1. The zero-order valence-electron chi connectivity index (χ0n) is 14.2. The lowest BCUT2D eigenvalue weighted by atomic mass is 10.1. The van der Waals surface area contributed by atoms with Crippen LogP contribution in [0.3, 0.4) is 0 Å². The molecule has 0 spiro atoms. The van der Waals surface area contributed by atoms with Crippen molar-refractivity contribution in [1.29, 1.82) is 0 Å². The molecule has 0 saturated heterocycles. The van der Waals surface area contributed by atoms with Crippen molar-refractivity contribution in [3.8, 4) is 11.5 Å². The van der Waals surface area contributed by atoms with E-state index in [0.29, 0.717) is 32.9 Å². The Morgan fingerprint density at radius 1 is 1.31 bits per heavy atom. The van der Waals surface area contributed by atoms with E-state index in [-0.39, 0.29) is 17.5 Å². The van der Waals surface area contributed by atoms with Gasteiger partial charge < -0.3 is 9.84 Å². The van der Waals surface area contributed by atoms with E-state index < -0.39 is 0 Å². The van der Waals surface area contributed by atoms with Crippen LogP contribution in [-0.2, 0) is 4.79 Å². The first kappa shape index (κ1) is 18.4. The Labute approximate surface area is 163 Å². The maximum absolute atomic E-state index is 13.1. The Hall–Kier alpha value is -2.42. The second-order valence-electron chi connectivity index (χ2n) is 5.62. The fourth-order valence-electron chi connectivity index (χ4n) is 2.55. The zero-order valence-corrected chi connectivity index (χ0v) is 16.3. The number of rotatable bonds is 4. The van der Waals surface area contributed by atoms with Crippen molar-refractivity contribution in [3.63, 3.8) is 0 Å². The van der Waals surface area contributed by atoms with Crippen LogP contribution in [-0.4, -0.2) is 23.3 Å². The first-order valence-corrected chi connectivity index (χ1v) is 9.01. The Morgan fingerprint density at radius 2 is 2.00 bits per heavy atom. The van der Waals surface area contributed by atoms with Gasteiger partial charge in [-0.3, -0.25) is 4.79 Å². The van der Waals surface area contributed by atoms with Crippen molar-refractivity contribution in [2.24, 2.45) is 5.10 Å². The largest absolute Gasteiger partial charge is 0.504 e. The van der Waals surface area contributed by atoms with Crippen LogP contribution in [0.2, 0.25) is 0 Å². The summed E-state index contributed by atoms with van der Waals surface area (Å²) in [6.07, 6.45) is 1.70. The molecule has 0 unspecified atom stereocenters. The summed E-state index contributed by atoms with van der Waals surface area (Å²) in [6.45, 7) is 3.98. The molecule has 1 heterocycles. The lowest BCUT2D eigenvalue weighted by Crippen LogP contribution is -2.21. The topological polar surface area (TPSA) is 62.1 Å². The SMILES string of the molecule is CCOc1cc(/C=C2\C(=O)N(c3ccc(F)cc3)N=C2C)cc(I)c1O. The summed E-state index contributed by atoms with van der Waals surface area (Å²) in [5.74, 6) is -0.235. The van der Waals surface area contributed by atoms with Gasteiger partial charge in [-0.1, -0.05) is 0 Å². The summed E-state index contributed by atoms with van der Waals surface area (Å²) in [7, 11) is 0. The normalized spacial score (nSPS) is 15.5. The van der Waals surface area contributed by atoms with Gasteiger partial charge in [0.15, 0.2) is 11.5 Å². The number of anilines is 1. The molecule has 0 bridgehead atoms. The summed E-state index contributed by atoms with van der Waals surface area (Å²) >= 11 is 2.01. The standard InChI is InChI=1S/C19H16FIN2O3/c1-3-26-17-10-12(9-16(21)18(17)24)8-15-11(2)22-23(19(15)25)14-6-4-13(20)5-7-14/h4-10,24H,3H2,1-2H3/b15-8-. The minimum Gasteiger partial charge on any atom is -0.504 e. The maximum atomic E-state index is 13.1. The van der Waals surface area contributed by atoms with Crippen molar-refractivity contribution >= 4 is 46.0 Å². The molecule has 1 aliphatic rings. The number of ether oxygens (including phenoxy) is 1. The van der Waals surface area contributed by atoms with Crippen LogP contribution >= 0.6 is 22.6 Å². The van der Waals surface area contributed by atoms with Gasteiger partial charge in [-0.25, -0.2) is 4.39 Å². The smallest absolute Gasteiger partial charge is 0.280 e. The van der Waals surface area contributed by atoms with Crippen molar-refractivity contribution in [1.82, 2.24) is 0 Å². The van der Waals surface area contributed by atoms with E-state index in [0.717, 1.165) is 5.56 Å². The quantitative estimate of drug-likeness (QED) is 0.539. The molecule has 5 nitrogen and oxygen atoms in total. The molecule has 0 radical (unpaired) electrons. The Bertz CT molecular complexity index is 923. The van der Waals surface area contributed by atoms with Gasteiger partial charge in [0.1, 0.15) is 5.82 Å². The van der Waals surface area contributed by atoms with Gasteiger partial charge in [0.2, 0.25) is 0 Å². The second kappa shape index (κ2) is 7.45. The van der Waals surface area contributed by atoms with Crippen LogP contribution in [0.1, 0.15) is 19.4 Å². The molecule has 0 aliphatic carbocycles. The summed E-state index contributed by atoms with van der Waals surface area (Å²) in [6, 6.07) is 9.01. The van der Waals surface area contributed by atoms with Crippen molar-refractivity contribution < 1.29 is 19.0 Å². The number of carbonyl (C=O) groups excluding carboxylic acids is 1. The summed E-state index contributed by atoms with van der Waals surface area (Å²) in [4.78, 5) is 12.7. The molecular formula is C19H16FIN2O3. The van der Waals surface area contributed by atoms with Gasteiger partial charge in [-0.2, -0.15) is 10.1 Å². The molecule has 1 aliphatic heterocycles. The van der Waals surface area contributed by atoms with Crippen LogP contribution in [0.5, 0.6) is 11.5 Å². The zero-order chi connectivity index (χ0) is 18.8. The number of aromatic hydroxyl groups is 1. The fraction of sp³-hybridized carbons (Fsp3) is 0.158. The number of nitrogens with zero attached hydrogens (tertiary/aromatic N) is 2. The van der Waals surface area contributed by atoms with Crippen LogP contribution < -0.4 is 9.75 Å². The van der Waals surface area contributed by atoms with Crippen LogP contribution in [0.15, 0.2) is 47.1 Å². The number of phenolic OH excluding ortho intramolecular Hbond substituents is 1. The minimum absolute atomic E-state index is 0.0747. The first-order valence-electron chi connectivity index (χ1n) is 7.93. The monoisotopic (exact) mass is 466 g/mol. The van der Waals surface area contributed by atoms with Crippen LogP contribution in [0.25, 0.3) is 6.08 Å². The number of phenols is 1. The molecule has 7 heteroatoms. The van der Waals surface area contributed by atoms with E-state index in [9.17, 15) is 14.3 Å². The van der Waals surface area contributed by atoms with Gasteiger partial charge in [-0.05, 0) is 84.5 Å². The van der Waals surface area contributed by atoms with Gasteiger partial charge >= 0.3 is 0 Å². The van der Waals surface area contributed by atoms with Gasteiger partial charge in [0.05, 0.1) is 27.1 Å². The lowest BCUT2D eigenvalue weighted by molar-refractivity contribution is -0.114. The van der Waals surface area contributed by atoms with Crippen LogP contribution in [0, 0.1) is 9.39 Å². The summed E-state index contributed by atoms with van der Waals surface area (Å²) in [5.41, 5.74) is 2.20. The highest BCUT2D eigenvalue weighted by molar-refractivity contribution is 14.1. The third-order valence-electron chi connectivity index (χ3n) is 3.80. The Balaban J connectivity index is 1.96. The summed E-state index contributed by atoms with van der Waals surface area (Å²) in [5, 5.41) is 15.6. The molecule has 0 fully saturated rings. The molecule has 2 aromatic carbocycles. The molecule has 1 amide bonds. The molecule has 0 saturated carbocycles. The van der Waals surface area contributed by atoms with E-state index in [1.807, 2.05) is 29.5 Å². The highest BCUT2D eigenvalue weighted by Gasteiger charge is 2.28. The van der Waals surface area contributed by atoms with Crippen molar-refractivity contribution in [3.05, 3.63) is 56.9 Å². The highest BCUT2D eigenvalue weighted by Crippen LogP contribution is 2.34. The Morgan fingerprint density at radius 3 is 2.65 bits per heavy atom. The van der Waals surface area contributed by atoms with Gasteiger partial charge in [0, 0.05) is 0 Å². The van der Waals surface area contributed by atoms with Gasteiger partial charge in [0.25, 0.3) is 5.91 Å². The maximum Gasteiger partial charge on any atom is 0.280 e. The average molecular weight is 466 g/mol. The number of amides is 1. The third-order valence-corrected chi connectivity index (χ3v) is 4.62. The predicted octanol–water partition coefficient (Wildman–Crippen LogP) is 4.34. The second-order valence-corrected chi connectivity index (χ2v) is 6.78. The van der Waals surface area contributed by atoms with E-state index >= 15 is 0 Å². The number of hydrogen-bond acceptors (Lipinski definition) is 4. The van der Waals surface area contributed by atoms with E-state index in [4.69, 9.17) is 4.74 Å². The fourth-order valence-corrected chi connectivity index (χ4v) is 3.18. The number of carbonyl (C=O) groups is 1. The van der Waals surface area contributed by atoms with Crippen molar-refractivity contribution in [2.75, 3.05) is 11.6 Å². The molecule has 0 atom stereocenters. The third kappa shape index (κ3) is 3.57. The molecule has 3 rings (SSSR count). The molecular weight excluding hydrogens is 450 g/mol. The predicted molar refractivity (Wildman–Crippen MR) is 107 cm³/mol. The number of benzene rings is 2. The molecule has 134 valence electrons. The lowest BCUT2D eigenvalue weighted by Gasteiger charge is -2.11.